The molecule has 0 fully saturated rings. The van der Waals surface area contributed by atoms with Crippen LogP contribution in [0.4, 0.5) is 0 Å². The summed E-state index contributed by atoms with van der Waals surface area (Å²) >= 11 is 1.64. The van der Waals surface area contributed by atoms with Gasteiger partial charge in [0.25, 0.3) is 5.91 Å². The standard InChI is InChI=1S/C22H21N3O3S/c1-23-22(26)21(25-27-2)19-11-7-6-8-16(19)15-28-20-13-12-18(14-24-20)29-17-9-4-3-5-10-17/h3-14H,15H2,1-2H3,(H,23,26)/b25-21+. The van der Waals surface area contributed by atoms with E-state index in [1.54, 1.807) is 31.1 Å². The van der Waals surface area contributed by atoms with Crippen LogP contribution in [0, 0.1) is 0 Å². The second kappa shape index (κ2) is 10.3. The maximum Gasteiger partial charge on any atom is 0.273 e. The van der Waals surface area contributed by atoms with Crippen LogP contribution >= 0.6 is 11.8 Å². The molecule has 1 heterocycles. The topological polar surface area (TPSA) is 72.8 Å². The molecule has 0 aliphatic carbocycles. The maximum absolute atomic E-state index is 12.1. The summed E-state index contributed by atoms with van der Waals surface area (Å²) < 4.78 is 5.83. The fraction of sp³-hybridized carbons (Fsp3) is 0.136. The Balaban J connectivity index is 1.70. The van der Waals surface area contributed by atoms with E-state index in [1.807, 2.05) is 48.5 Å². The number of hydrogen-bond donors (Lipinski definition) is 1. The van der Waals surface area contributed by atoms with Gasteiger partial charge in [-0.15, -0.1) is 0 Å². The molecule has 0 bridgehead atoms. The zero-order valence-electron chi connectivity index (χ0n) is 16.2. The van der Waals surface area contributed by atoms with Crippen LogP contribution in [0.2, 0.25) is 0 Å². The highest BCUT2D eigenvalue weighted by Gasteiger charge is 2.17. The molecule has 0 saturated heterocycles. The second-order valence-electron chi connectivity index (χ2n) is 5.89. The average molecular weight is 407 g/mol. The summed E-state index contributed by atoms with van der Waals surface area (Å²) in [6.45, 7) is 0.244. The van der Waals surface area contributed by atoms with Gasteiger partial charge in [-0.3, -0.25) is 4.79 Å². The summed E-state index contributed by atoms with van der Waals surface area (Å²) in [6, 6.07) is 21.3. The highest BCUT2D eigenvalue weighted by atomic mass is 32.2. The molecule has 7 heteroatoms. The second-order valence-corrected chi connectivity index (χ2v) is 7.04. The lowest BCUT2D eigenvalue weighted by Gasteiger charge is -2.12. The van der Waals surface area contributed by atoms with Crippen molar-refractivity contribution in [3.8, 4) is 5.88 Å². The molecule has 148 valence electrons. The van der Waals surface area contributed by atoms with Crippen LogP contribution < -0.4 is 10.1 Å². The number of benzene rings is 2. The monoisotopic (exact) mass is 407 g/mol. The van der Waals surface area contributed by atoms with Crippen molar-refractivity contribution in [1.29, 1.82) is 0 Å². The molecule has 0 atom stereocenters. The molecule has 3 rings (SSSR count). The van der Waals surface area contributed by atoms with Gasteiger partial charge in [-0.05, 0) is 23.8 Å². The summed E-state index contributed by atoms with van der Waals surface area (Å²) in [7, 11) is 2.95. The van der Waals surface area contributed by atoms with E-state index in [4.69, 9.17) is 9.57 Å². The number of rotatable bonds is 8. The number of amides is 1. The number of nitrogens with one attached hydrogen (secondary N) is 1. The molecule has 0 spiro atoms. The summed E-state index contributed by atoms with van der Waals surface area (Å²) in [5.74, 6) is 0.169. The Kier molecular flexibility index (Phi) is 7.24. The van der Waals surface area contributed by atoms with Crippen LogP contribution in [0.1, 0.15) is 11.1 Å². The van der Waals surface area contributed by atoms with Crippen molar-refractivity contribution in [3.05, 3.63) is 84.1 Å². The van der Waals surface area contributed by atoms with E-state index in [0.29, 0.717) is 11.4 Å². The van der Waals surface area contributed by atoms with Crippen molar-refractivity contribution in [2.75, 3.05) is 14.2 Å². The first-order valence-corrected chi connectivity index (χ1v) is 9.76. The lowest BCUT2D eigenvalue weighted by molar-refractivity contribution is -0.114. The number of hydrogen-bond acceptors (Lipinski definition) is 6. The third kappa shape index (κ3) is 5.58. The van der Waals surface area contributed by atoms with Crippen molar-refractivity contribution >= 4 is 23.4 Å². The number of nitrogens with zero attached hydrogens (tertiary/aromatic N) is 2. The van der Waals surface area contributed by atoms with Gasteiger partial charge in [-0.25, -0.2) is 4.98 Å². The minimum Gasteiger partial charge on any atom is -0.473 e. The minimum atomic E-state index is -0.334. The summed E-state index contributed by atoms with van der Waals surface area (Å²) in [4.78, 5) is 23.5. The first kappa shape index (κ1) is 20.4. The number of ether oxygens (including phenoxy) is 1. The van der Waals surface area contributed by atoms with E-state index in [0.717, 1.165) is 15.4 Å². The smallest absolute Gasteiger partial charge is 0.273 e. The summed E-state index contributed by atoms with van der Waals surface area (Å²) in [5.41, 5.74) is 1.64. The van der Waals surface area contributed by atoms with Gasteiger partial charge in [0.15, 0.2) is 5.71 Å². The number of carbonyl (C=O) groups excluding carboxylic acids is 1. The van der Waals surface area contributed by atoms with Gasteiger partial charge in [0.2, 0.25) is 5.88 Å². The van der Waals surface area contributed by atoms with Gasteiger partial charge < -0.3 is 14.9 Å². The van der Waals surface area contributed by atoms with E-state index in [1.165, 1.54) is 7.11 Å². The molecular weight excluding hydrogens is 386 g/mol. The molecule has 3 aromatic rings. The average Bonchev–Trinajstić information content (AvgIpc) is 2.77. The third-order valence-corrected chi connectivity index (χ3v) is 4.95. The number of carbonyl (C=O) groups is 1. The Morgan fingerprint density at radius 2 is 1.79 bits per heavy atom. The van der Waals surface area contributed by atoms with Crippen LogP contribution in [0.3, 0.4) is 0 Å². The van der Waals surface area contributed by atoms with Gasteiger partial charge in [0.05, 0.1) is 0 Å². The normalized spacial score (nSPS) is 11.0. The van der Waals surface area contributed by atoms with E-state index in [9.17, 15) is 4.79 Å². The first-order valence-electron chi connectivity index (χ1n) is 8.94. The minimum absolute atomic E-state index is 0.191. The van der Waals surface area contributed by atoms with Gasteiger partial charge >= 0.3 is 0 Å². The van der Waals surface area contributed by atoms with E-state index >= 15 is 0 Å². The number of likely N-dealkylation sites (N-methyl/N-ethyl adjacent to an activating group) is 1. The van der Waals surface area contributed by atoms with Crippen LogP contribution in [0.5, 0.6) is 5.88 Å². The molecular formula is C22H21N3O3S. The van der Waals surface area contributed by atoms with Crippen LogP contribution in [0.15, 0.2) is 87.9 Å². The molecule has 6 nitrogen and oxygen atoms in total. The van der Waals surface area contributed by atoms with Gasteiger partial charge in [-0.2, -0.15) is 0 Å². The van der Waals surface area contributed by atoms with E-state index < -0.39 is 0 Å². The Hall–Kier alpha value is -3.32. The molecule has 0 aliphatic heterocycles. The molecule has 1 amide bonds. The van der Waals surface area contributed by atoms with Gasteiger partial charge in [0.1, 0.15) is 13.7 Å². The lowest BCUT2D eigenvalue weighted by Crippen LogP contribution is -2.29. The number of aromatic nitrogens is 1. The molecule has 1 aromatic heterocycles. The van der Waals surface area contributed by atoms with Crippen LogP contribution in [0.25, 0.3) is 0 Å². The van der Waals surface area contributed by atoms with E-state index in [-0.39, 0.29) is 18.2 Å². The molecule has 0 unspecified atom stereocenters. The van der Waals surface area contributed by atoms with Crippen molar-refractivity contribution in [3.63, 3.8) is 0 Å². The predicted octanol–water partition coefficient (Wildman–Crippen LogP) is 3.91. The predicted molar refractivity (Wildman–Crippen MR) is 113 cm³/mol. The van der Waals surface area contributed by atoms with Crippen LogP contribution in [-0.4, -0.2) is 30.8 Å². The largest absolute Gasteiger partial charge is 0.473 e. The van der Waals surface area contributed by atoms with Crippen molar-refractivity contribution in [1.82, 2.24) is 10.3 Å². The zero-order valence-corrected chi connectivity index (χ0v) is 17.0. The Morgan fingerprint density at radius 3 is 2.48 bits per heavy atom. The molecule has 0 saturated carbocycles. The lowest BCUT2D eigenvalue weighted by atomic mass is 10.0. The summed E-state index contributed by atoms with van der Waals surface area (Å²) in [6.07, 6.45) is 1.78. The quantitative estimate of drug-likeness (QED) is 0.453. The van der Waals surface area contributed by atoms with Crippen molar-refractivity contribution in [2.45, 2.75) is 16.4 Å². The molecule has 0 aliphatic rings. The van der Waals surface area contributed by atoms with E-state index in [2.05, 4.69) is 27.6 Å². The highest BCUT2D eigenvalue weighted by molar-refractivity contribution is 7.99. The van der Waals surface area contributed by atoms with Crippen molar-refractivity contribution < 1.29 is 14.4 Å². The Bertz CT molecular complexity index is 976. The van der Waals surface area contributed by atoms with Crippen molar-refractivity contribution in [2.24, 2.45) is 5.16 Å². The van der Waals surface area contributed by atoms with Gasteiger partial charge in [-0.1, -0.05) is 59.4 Å². The summed E-state index contributed by atoms with van der Waals surface area (Å²) in [5, 5.41) is 6.43. The molecule has 1 N–H and O–H groups in total. The number of pyridine rings is 1. The fourth-order valence-corrected chi connectivity index (χ4v) is 3.40. The van der Waals surface area contributed by atoms with Crippen LogP contribution in [-0.2, 0) is 16.2 Å². The number of oxime groups is 1. The fourth-order valence-electron chi connectivity index (χ4n) is 2.59. The zero-order chi connectivity index (χ0) is 20.5. The molecule has 0 radical (unpaired) electrons. The first-order chi connectivity index (χ1) is 14.2. The SMILES string of the molecule is CNC(=O)/C(=N/OC)c1ccccc1COc1ccc(Sc2ccccc2)cn1. The molecule has 2 aromatic carbocycles. The Labute approximate surface area is 174 Å². The maximum atomic E-state index is 12.1. The third-order valence-electron chi connectivity index (χ3n) is 3.96. The Morgan fingerprint density at radius 1 is 1.03 bits per heavy atom. The highest BCUT2D eigenvalue weighted by Crippen LogP contribution is 2.27. The van der Waals surface area contributed by atoms with Gasteiger partial charge in [0, 0.05) is 34.7 Å². The molecule has 29 heavy (non-hydrogen) atoms.